The van der Waals surface area contributed by atoms with E-state index in [2.05, 4.69) is 10.6 Å². The van der Waals surface area contributed by atoms with Gasteiger partial charge < -0.3 is 10.6 Å². The summed E-state index contributed by atoms with van der Waals surface area (Å²) in [4.78, 5) is 12.3. The largest absolute Gasteiger partial charge is 0.376 e. The molecule has 0 radical (unpaired) electrons. The van der Waals surface area contributed by atoms with Crippen LogP contribution in [-0.2, 0) is 14.8 Å². The van der Waals surface area contributed by atoms with Gasteiger partial charge in [0.1, 0.15) is 5.82 Å². The minimum atomic E-state index is -3.52. The second-order valence-electron chi connectivity index (χ2n) is 5.97. The third-order valence-corrected chi connectivity index (χ3v) is 6.17. The quantitative estimate of drug-likeness (QED) is 0.722. The lowest BCUT2D eigenvalue weighted by Crippen LogP contribution is -2.30. The summed E-state index contributed by atoms with van der Waals surface area (Å²) in [7, 11) is -3.52. The molecule has 2 aromatic carbocycles. The summed E-state index contributed by atoms with van der Waals surface area (Å²) in [5.74, 6) is -0.625. The second kappa shape index (κ2) is 8.96. The minimum absolute atomic E-state index is 0.00592. The van der Waals surface area contributed by atoms with Crippen LogP contribution in [0.5, 0.6) is 0 Å². The van der Waals surface area contributed by atoms with E-state index in [1.54, 1.807) is 39.0 Å². The molecule has 0 aliphatic heterocycles. The van der Waals surface area contributed by atoms with E-state index >= 15 is 0 Å². The number of carbonyl (C=O) groups is 1. The molecule has 0 bridgehead atoms. The summed E-state index contributed by atoms with van der Waals surface area (Å²) in [6.07, 6.45) is 0. The van der Waals surface area contributed by atoms with Gasteiger partial charge in [-0.25, -0.2) is 12.8 Å². The minimum Gasteiger partial charge on any atom is -0.376 e. The Balaban J connectivity index is 1.98. The molecule has 0 heterocycles. The molecule has 0 aliphatic rings. The van der Waals surface area contributed by atoms with E-state index in [1.165, 1.54) is 28.6 Å². The van der Waals surface area contributed by atoms with Crippen molar-refractivity contribution in [3.63, 3.8) is 0 Å². The maximum Gasteiger partial charge on any atom is 0.243 e. The van der Waals surface area contributed by atoms with Crippen LogP contribution in [0.2, 0.25) is 0 Å². The molecule has 2 aromatic rings. The van der Waals surface area contributed by atoms with E-state index in [-0.39, 0.29) is 23.2 Å². The Labute approximate surface area is 159 Å². The molecule has 0 aromatic heterocycles. The van der Waals surface area contributed by atoms with E-state index in [9.17, 15) is 17.6 Å². The molecule has 0 fully saturated rings. The fraction of sp³-hybridized carbons (Fsp3) is 0.316. The topological polar surface area (TPSA) is 78.5 Å². The van der Waals surface area contributed by atoms with Gasteiger partial charge in [-0.15, -0.1) is 0 Å². The number of nitrogens with zero attached hydrogens (tertiary/aromatic N) is 1. The molecule has 0 spiro atoms. The van der Waals surface area contributed by atoms with Crippen LogP contribution in [0.4, 0.5) is 15.8 Å². The van der Waals surface area contributed by atoms with Crippen molar-refractivity contribution in [2.45, 2.75) is 25.7 Å². The molecule has 0 saturated heterocycles. The summed E-state index contributed by atoms with van der Waals surface area (Å²) >= 11 is 0. The van der Waals surface area contributed by atoms with Crippen LogP contribution in [0.1, 0.15) is 19.4 Å². The smallest absolute Gasteiger partial charge is 0.243 e. The third-order valence-electron chi connectivity index (χ3n) is 4.11. The fourth-order valence-electron chi connectivity index (χ4n) is 2.63. The van der Waals surface area contributed by atoms with E-state index in [1.807, 2.05) is 0 Å². The van der Waals surface area contributed by atoms with Crippen molar-refractivity contribution >= 4 is 27.3 Å². The molecule has 8 heteroatoms. The summed E-state index contributed by atoms with van der Waals surface area (Å²) in [5, 5.41) is 5.64. The van der Waals surface area contributed by atoms with Crippen LogP contribution in [-0.4, -0.2) is 38.3 Å². The number of sulfonamides is 1. The second-order valence-corrected chi connectivity index (χ2v) is 7.91. The SMILES string of the molecule is CCN(CC)S(=O)(=O)c1ccc(NC(=O)CNc2ccc(F)cc2C)cc1. The number of rotatable bonds is 8. The first kappa shape index (κ1) is 20.9. The molecule has 0 saturated carbocycles. The third kappa shape index (κ3) is 5.27. The van der Waals surface area contributed by atoms with Gasteiger partial charge in [-0.3, -0.25) is 4.79 Å². The van der Waals surface area contributed by atoms with E-state index < -0.39 is 10.0 Å². The average Bonchev–Trinajstić information content (AvgIpc) is 2.62. The van der Waals surface area contributed by atoms with Gasteiger partial charge in [0, 0.05) is 24.5 Å². The number of hydrogen-bond donors (Lipinski definition) is 2. The monoisotopic (exact) mass is 393 g/mol. The van der Waals surface area contributed by atoms with Crippen molar-refractivity contribution in [2.75, 3.05) is 30.3 Å². The summed E-state index contributed by atoms with van der Waals surface area (Å²) in [6, 6.07) is 10.3. The lowest BCUT2D eigenvalue weighted by Gasteiger charge is -2.18. The van der Waals surface area contributed by atoms with Crippen LogP contribution in [0.25, 0.3) is 0 Å². The Hall–Kier alpha value is -2.45. The van der Waals surface area contributed by atoms with Crippen molar-refractivity contribution in [2.24, 2.45) is 0 Å². The number of hydrogen-bond acceptors (Lipinski definition) is 4. The first-order valence-corrected chi connectivity index (χ1v) is 10.1. The van der Waals surface area contributed by atoms with Gasteiger partial charge >= 0.3 is 0 Å². The number of nitrogens with one attached hydrogen (secondary N) is 2. The molecule has 6 nitrogen and oxygen atoms in total. The number of benzene rings is 2. The lowest BCUT2D eigenvalue weighted by atomic mass is 10.2. The van der Waals surface area contributed by atoms with E-state index in [4.69, 9.17) is 0 Å². The van der Waals surface area contributed by atoms with Crippen molar-refractivity contribution in [3.8, 4) is 0 Å². The molecule has 0 unspecified atom stereocenters. The van der Waals surface area contributed by atoms with Crippen LogP contribution in [0, 0.1) is 12.7 Å². The number of aryl methyl sites for hydroxylation is 1. The highest BCUT2D eigenvalue weighted by Crippen LogP contribution is 2.19. The van der Waals surface area contributed by atoms with Crippen LogP contribution < -0.4 is 10.6 Å². The Kier molecular flexibility index (Phi) is 6.92. The molecule has 2 N–H and O–H groups in total. The highest BCUT2D eigenvalue weighted by molar-refractivity contribution is 7.89. The first-order chi connectivity index (χ1) is 12.8. The average molecular weight is 393 g/mol. The lowest BCUT2D eigenvalue weighted by molar-refractivity contribution is -0.114. The summed E-state index contributed by atoms with van der Waals surface area (Å²) in [5.41, 5.74) is 1.87. The van der Waals surface area contributed by atoms with Crippen LogP contribution >= 0.6 is 0 Å². The van der Waals surface area contributed by atoms with E-state index in [0.717, 1.165) is 0 Å². The van der Waals surface area contributed by atoms with Gasteiger partial charge in [-0.1, -0.05) is 13.8 Å². The molecule has 0 atom stereocenters. The zero-order valence-electron chi connectivity index (χ0n) is 15.6. The predicted octanol–water partition coefficient (Wildman–Crippen LogP) is 3.22. The Morgan fingerprint density at radius 3 is 2.26 bits per heavy atom. The molecular formula is C19H24FN3O3S. The summed E-state index contributed by atoms with van der Waals surface area (Å²) < 4.78 is 39.4. The number of anilines is 2. The van der Waals surface area contributed by atoms with Crippen LogP contribution in [0.15, 0.2) is 47.4 Å². The number of halogens is 1. The van der Waals surface area contributed by atoms with E-state index in [0.29, 0.717) is 30.0 Å². The van der Waals surface area contributed by atoms with Crippen molar-refractivity contribution in [1.29, 1.82) is 0 Å². The molecule has 2 rings (SSSR count). The number of amides is 1. The molecule has 27 heavy (non-hydrogen) atoms. The Morgan fingerprint density at radius 2 is 1.70 bits per heavy atom. The zero-order valence-corrected chi connectivity index (χ0v) is 16.4. The van der Waals surface area contributed by atoms with Gasteiger partial charge in [-0.2, -0.15) is 4.31 Å². The Bertz CT molecular complexity index is 895. The van der Waals surface area contributed by atoms with Crippen molar-refractivity contribution in [3.05, 3.63) is 53.8 Å². The molecule has 1 amide bonds. The first-order valence-electron chi connectivity index (χ1n) is 8.68. The van der Waals surface area contributed by atoms with Gasteiger partial charge in [0.05, 0.1) is 11.4 Å². The van der Waals surface area contributed by atoms with Gasteiger partial charge in [0.25, 0.3) is 0 Å². The van der Waals surface area contributed by atoms with Gasteiger partial charge in [0.2, 0.25) is 15.9 Å². The molecule has 0 aliphatic carbocycles. The fourth-order valence-corrected chi connectivity index (χ4v) is 4.09. The van der Waals surface area contributed by atoms with Gasteiger partial charge in [0.15, 0.2) is 0 Å². The Morgan fingerprint density at radius 1 is 1.07 bits per heavy atom. The highest BCUT2D eigenvalue weighted by Gasteiger charge is 2.21. The standard InChI is InChI=1S/C19H24FN3O3S/c1-4-23(5-2)27(25,26)17-9-7-16(8-10-17)22-19(24)13-21-18-11-6-15(20)12-14(18)3/h6-12,21H,4-5,13H2,1-3H3,(H,22,24). The maximum absolute atomic E-state index is 13.1. The summed E-state index contributed by atoms with van der Waals surface area (Å²) in [6.45, 7) is 6.11. The van der Waals surface area contributed by atoms with Crippen molar-refractivity contribution in [1.82, 2.24) is 4.31 Å². The number of carbonyl (C=O) groups excluding carboxylic acids is 1. The normalized spacial score (nSPS) is 11.4. The van der Waals surface area contributed by atoms with Gasteiger partial charge in [-0.05, 0) is 55.0 Å². The zero-order chi connectivity index (χ0) is 20.0. The highest BCUT2D eigenvalue weighted by atomic mass is 32.2. The molecular weight excluding hydrogens is 369 g/mol. The maximum atomic E-state index is 13.1. The van der Waals surface area contributed by atoms with Crippen molar-refractivity contribution < 1.29 is 17.6 Å². The predicted molar refractivity (Wildman–Crippen MR) is 105 cm³/mol. The molecule has 146 valence electrons. The van der Waals surface area contributed by atoms with Crippen LogP contribution in [0.3, 0.4) is 0 Å².